The van der Waals surface area contributed by atoms with E-state index >= 15 is 0 Å². The summed E-state index contributed by atoms with van der Waals surface area (Å²) in [5.74, 6) is 1.23. The summed E-state index contributed by atoms with van der Waals surface area (Å²) in [6.45, 7) is 11.4. The molecule has 0 saturated carbocycles. The smallest absolute Gasteiger partial charge is 0.225 e. The molecule has 17 heavy (non-hydrogen) atoms. The third kappa shape index (κ3) is 4.30. The Morgan fingerprint density at radius 3 is 2.71 bits per heavy atom. The van der Waals surface area contributed by atoms with Crippen molar-refractivity contribution in [1.29, 1.82) is 0 Å². The molecule has 1 unspecified atom stereocenters. The minimum Gasteiger partial charge on any atom is -0.342 e. The Labute approximate surface area is 106 Å². The molecule has 1 aliphatic rings. The molecular formula is C14H28N2O. The van der Waals surface area contributed by atoms with Crippen molar-refractivity contribution in [3.63, 3.8) is 0 Å². The summed E-state index contributed by atoms with van der Waals surface area (Å²) in [4.78, 5) is 14.5. The van der Waals surface area contributed by atoms with Gasteiger partial charge in [0.15, 0.2) is 0 Å². The van der Waals surface area contributed by atoms with Crippen LogP contribution in [0.5, 0.6) is 0 Å². The van der Waals surface area contributed by atoms with Gasteiger partial charge in [-0.3, -0.25) is 4.79 Å². The molecule has 1 amide bonds. The zero-order valence-electron chi connectivity index (χ0n) is 11.8. The van der Waals surface area contributed by atoms with Gasteiger partial charge in [0.2, 0.25) is 5.91 Å². The third-order valence-corrected chi connectivity index (χ3v) is 3.90. The fraction of sp³-hybridized carbons (Fsp3) is 0.929. The second kappa shape index (κ2) is 7.00. The Morgan fingerprint density at radius 2 is 2.18 bits per heavy atom. The molecule has 3 nitrogen and oxygen atoms in total. The van der Waals surface area contributed by atoms with Crippen molar-refractivity contribution >= 4 is 5.91 Å². The van der Waals surface area contributed by atoms with Gasteiger partial charge in [-0.05, 0) is 39.2 Å². The van der Waals surface area contributed by atoms with E-state index in [9.17, 15) is 4.79 Å². The number of carbonyl (C=O) groups excluding carboxylic acids is 1. The third-order valence-electron chi connectivity index (χ3n) is 3.90. The summed E-state index contributed by atoms with van der Waals surface area (Å²) in [6.07, 6.45) is 3.14. The van der Waals surface area contributed by atoms with Crippen LogP contribution in [-0.2, 0) is 4.79 Å². The lowest BCUT2D eigenvalue weighted by atomic mass is 9.91. The van der Waals surface area contributed by atoms with Crippen LogP contribution in [0.3, 0.4) is 0 Å². The summed E-state index contributed by atoms with van der Waals surface area (Å²) in [5.41, 5.74) is 0. The van der Waals surface area contributed by atoms with Crippen LogP contribution in [0.2, 0.25) is 0 Å². The lowest BCUT2D eigenvalue weighted by Gasteiger charge is -2.32. The van der Waals surface area contributed by atoms with E-state index in [-0.39, 0.29) is 5.92 Å². The number of rotatable bonds is 5. The van der Waals surface area contributed by atoms with Gasteiger partial charge in [0.1, 0.15) is 0 Å². The highest BCUT2D eigenvalue weighted by Crippen LogP contribution is 2.19. The minimum absolute atomic E-state index is 0.246. The van der Waals surface area contributed by atoms with Crippen LogP contribution in [0.15, 0.2) is 0 Å². The van der Waals surface area contributed by atoms with Crippen LogP contribution in [0, 0.1) is 11.8 Å². The Bertz CT molecular complexity index is 242. The van der Waals surface area contributed by atoms with E-state index in [1.54, 1.807) is 0 Å². The highest BCUT2D eigenvalue weighted by Gasteiger charge is 2.28. The van der Waals surface area contributed by atoms with Crippen LogP contribution in [0.4, 0.5) is 0 Å². The highest BCUT2D eigenvalue weighted by atomic mass is 16.2. The van der Waals surface area contributed by atoms with Gasteiger partial charge in [-0.25, -0.2) is 0 Å². The van der Waals surface area contributed by atoms with Gasteiger partial charge < -0.3 is 10.2 Å². The predicted octanol–water partition coefficient (Wildman–Crippen LogP) is 2.27. The monoisotopic (exact) mass is 240 g/mol. The number of carbonyl (C=O) groups is 1. The van der Waals surface area contributed by atoms with Crippen LogP contribution in [0.25, 0.3) is 0 Å². The molecule has 1 saturated heterocycles. The Balaban J connectivity index is 2.52. The van der Waals surface area contributed by atoms with E-state index in [0.717, 1.165) is 38.9 Å². The Hall–Kier alpha value is -0.570. The topological polar surface area (TPSA) is 32.3 Å². The standard InChI is InChI=1S/C14H28N2O/c1-5-11(3)10-16(6-2)14(17)13-7-8-15-12(4)9-13/h11-13,15H,5-10H2,1-4H3/t11?,12-,13-/m0/s1. The van der Waals surface area contributed by atoms with Crippen LogP contribution >= 0.6 is 0 Å². The Kier molecular flexibility index (Phi) is 5.96. The fourth-order valence-corrected chi connectivity index (χ4v) is 2.49. The lowest BCUT2D eigenvalue weighted by Crippen LogP contribution is -2.45. The first-order chi connectivity index (χ1) is 8.08. The normalized spacial score (nSPS) is 26.6. The number of hydrogen-bond donors (Lipinski definition) is 1. The van der Waals surface area contributed by atoms with Crippen molar-refractivity contribution in [2.75, 3.05) is 19.6 Å². The molecule has 0 aromatic rings. The Morgan fingerprint density at radius 1 is 1.47 bits per heavy atom. The molecular weight excluding hydrogens is 212 g/mol. The van der Waals surface area contributed by atoms with E-state index in [2.05, 4.69) is 37.9 Å². The van der Waals surface area contributed by atoms with E-state index in [1.807, 2.05) is 0 Å². The molecule has 0 aromatic heterocycles. The second-order valence-electron chi connectivity index (χ2n) is 5.47. The van der Waals surface area contributed by atoms with E-state index in [1.165, 1.54) is 0 Å². The van der Waals surface area contributed by atoms with Crippen LogP contribution in [0.1, 0.15) is 47.0 Å². The zero-order chi connectivity index (χ0) is 12.8. The van der Waals surface area contributed by atoms with E-state index < -0.39 is 0 Å². The molecule has 1 N–H and O–H groups in total. The van der Waals surface area contributed by atoms with Gasteiger partial charge in [-0.15, -0.1) is 0 Å². The first-order valence-electron chi connectivity index (χ1n) is 7.10. The molecule has 0 aromatic carbocycles. The maximum atomic E-state index is 12.4. The summed E-state index contributed by atoms with van der Waals surface area (Å²) in [7, 11) is 0. The zero-order valence-corrected chi connectivity index (χ0v) is 11.8. The number of nitrogens with zero attached hydrogens (tertiary/aromatic N) is 1. The van der Waals surface area contributed by atoms with E-state index in [4.69, 9.17) is 0 Å². The quantitative estimate of drug-likeness (QED) is 0.799. The predicted molar refractivity (Wildman–Crippen MR) is 71.9 cm³/mol. The van der Waals surface area contributed by atoms with Crippen molar-refractivity contribution in [2.24, 2.45) is 11.8 Å². The van der Waals surface area contributed by atoms with Crippen molar-refractivity contribution < 1.29 is 4.79 Å². The maximum absolute atomic E-state index is 12.4. The molecule has 3 atom stereocenters. The summed E-state index contributed by atoms with van der Waals surface area (Å²) < 4.78 is 0. The van der Waals surface area contributed by atoms with Crippen molar-refractivity contribution in [3.8, 4) is 0 Å². The molecule has 1 heterocycles. The van der Waals surface area contributed by atoms with Gasteiger partial charge in [-0.2, -0.15) is 0 Å². The van der Waals surface area contributed by atoms with Crippen molar-refractivity contribution in [1.82, 2.24) is 10.2 Å². The van der Waals surface area contributed by atoms with Gasteiger partial charge in [0.25, 0.3) is 0 Å². The van der Waals surface area contributed by atoms with Crippen LogP contribution in [-0.4, -0.2) is 36.5 Å². The largest absolute Gasteiger partial charge is 0.342 e. The average molecular weight is 240 g/mol. The molecule has 100 valence electrons. The average Bonchev–Trinajstić information content (AvgIpc) is 2.34. The van der Waals surface area contributed by atoms with E-state index in [0.29, 0.717) is 17.9 Å². The molecule has 0 bridgehead atoms. The van der Waals surface area contributed by atoms with Gasteiger partial charge in [-0.1, -0.05) is 20.3 Å². The summed E-state index contributed by atoms with van der Waals surface area (Å²) in [6, 6.07) is 0.486. The molecule has 1 aliphatic heterocycles. The fourth-order valence-electron chi connectivity index (χ4n) is 2.49. The SMILES string of the molecule is CCC(C)CN(CC)C(=O)[C@H]1CCN[C@@H](C)C1. The molecule has 1 fully saturated rings. The number of piperidine rings is 1. The molecule has 0 spiro atoms. The molecule has 0 radical (unpaired) electrons. The van der Waals surface area contributed by atoms with Gasteiger partial charge >= 0.3 is 0 Å². The second-order valence-corrected chi connectivity index (χ2v) is 5.47. The van der Waals surface area contributed by atoms with Gasteiger partial charge in [0.05, 0.1) is 0 Å². The number of nitrogens with one attached hydrogen (secondary N) is 1. The first-order valence-corrected chi connectivity index (χ1v) is 7.10. The highest BCUT2D eigenvalue weighted by molar-refractivity contribution is 5.79. The van der Waals surface area contributed by atoms with Crippen molar-refractivity contribution in [2.45, 2.75) is 53.0 Å². The summed E-state index contributed by atoms with van der Waals surface area (Å²) >= 11 is 0. The summed E-state index contributed by atoms with van der Waals surface area (Å²) in [5, 5.41) is 3.40. The number of hydrogen-bond acceptors (Lipinski definition) is 2. The maximum Gasteiger partial charge on any atom is 0.225 e. The number of amides is 1. The molecule has 0 aliphatic carbocycles. The van der Waals surface area contributed by atoms with Gasteiger partial charge in [0, 0.05) is 25.0 Å². The molecule has 1 rings (SSSR count). The first kappa shape index (κ1) is 14.5. The molecule has 3 heteroatoms. The minimum atomic E-state index is 0.246. The van der Waals surface area contributed by atoms with Crippen LogP contribution < -0.4 is 5.32 Å². The lowest BCUT2D eigenvalue weighted by molar-refractivity contribution is -0.137. The van der Waals surface area contributed by atoms with Crippen molar-refractivity contribution in [3.05, 3.63) is 0 Å².